The van der Waals surface area contributed by atoms with Gasteiger partial charge in [-0.15, -0.1) is 0 Å². The molecule has 0 saturated heterocycles. The molecule has 2 heterocycles. The Kier molecular flexibility index (Phi) is 4.43. The lowest BCUT2D eigenvalue weighted by atomic mass is 10.1. The van der Waals surface area contributed by atoms with Crippen molar-refractivity contribution in [3.8, 4) is 22.7 Å². The van der Waals surface area contributed by atoms with E-state index >= 15 is 0 Å². The molecule has 9 heteroatoms. The number of carbonyl (C=O) groups excluding carboxylic acids is 1. The Morgan fingerprint density at radius 3 is 2.59 bits per heavy atom. The third kappa shape index (κ3) is 3.58. The molecule has 0 atom stereocenters. The lowest BCUT2D eigenvalue weighted by Crippen LogP contribution is -2.13. The maximum atomic E-state index is 12.6. The molecule has 1 amide bonds. The zero-order valence-corrected chi connectivity index (χ0v) is 15.2. The van der Waals surface area contributed by atoms with Crippen LogP contribution in [0.1, 0.15) is 10.5 Å². The van der Waals surface area contributed by atoms with Crippen molar-refractivity contribution in [2.24, 2.45) is 0 Å². The first kappa shape index (κ1) is 17.0. The number of anilines is 1. The van der Waals surface area contributed by atoms with Gasteiger partial charge in [0.15, 0.2) is 17.3 Å². The first-order valence-electron chi connectivity index (χ1n) is 7.79. The van der Waals surface area contributed by atoms with Crippen molar-refractivity contribution in [1.29, 1.82) is 0 Å². The number of nitrogens with one attached hydrogen (secondary N) is 2. The third-order valence-corrected chi connectivity index (χ3v) is 4.22. The van der Waals surface area contributed by atoms with E-state index in [2.05, 4.69) is 41.1 Å². The molecule has 0 saturated carbocycles. The second-order valence-electron chi connectivity index (χ2n) is 5.53. The van der Waals surface area contributed by atoms with E-state index in [1.54, 1.807) is 24.3 Å². The first-order valence-corrected chi connectivity index (χ1v) is 8.59. The molecule has 0 radical (unpaired) electrons. The van der Waals surface area contributed by atoms with Crippen LogP contribution in [0.3, 0.4) is 0 Å². The zero-order valence-electron chi connectivity index (χ0n) is 13.6. The standard InChI is InChI=1S/C18H11BrN4O4/c19-11-6-7-13(12(8-11)16-21-18(25)27-23-16)20-17(24)14-9-15(26-22-14)10-4-2-1-3-5-10/h1-9H,(H,20,24)(H,21,23,25). The average molecular weight is 427 g/mol. The zero-order chi connectivity index (χ0) is 18.8. The number of H-pyrrole nitrogens is 1. The molecule has 0 fully saturated rings. The van der Waals surface area contributed by atoms with E-state index in [-0.39, 0.29) is 11.5 Å². The van der Waals surface area contributed by atoms with Crippen LogP contribution in [0.25, 0.3) is 22.7 Å². The number of aromatic nitrogens is 3. The molecule has 0 unspecified atom stereocenters. The van der Waals surface area contributed by atoms with Crippen molar-refractivity contribution in [3.63, 3.8) is 0 Å². The van der Waals surface area contributed by atoms with E-state index in [9.17, 15) is 9.59 Å². The number of rotatable bonds is 4. The van der Waals surface area contributed by atoms with Gasteiger partial charge in [0, 0.05) is 21.7 Å². The summed E-state index contributed by atoms with van der Waals surface area (Å²) >= 11 is 3.35. The summed E-state index contributed by atoms with van der Waals surface area (Å²) < 4.78 is 10.5. The second-order valence-corrected chi connectivity index (χ2v) is 6.45. The smallest absolute Gasteiger partial charge is 0.355 e. The van der Waals surface area contributed by atoms with Gasteiger partial charge in [-0.3, -0.25) is 14.3 Å². The summed E-state index contributed by atoms with van der Waals surface area (Å²) in [4.78, 5) is 26.3. The van der Waals surface area contributed by atoms with Crippen LogP contribution in [0.4, 0.5) is 5.69 Å². The topological polar surface area (TPSA) is 114 Å². The van der Waals surface area contributed by atoms with E-state index in [0.29, 0.717) is 17.0 Å². The van der Waals surface area contributed by atoms with E-state index in [4.69, 9.17) is 4.52 Å². The van der Waals surface area contributed by atoms with Gasteiger partial charge in [0.2, 0.25) is 0 Å². The Balaban J connectivity index is 1.62. The second kappa shape index (κ2) is 7.04. The maximum Gasteiger partial charge on any atom is 0.439 e. The van der Waals surface area contributed by atoms with Crippen molar-refractivity contribution in [2.45, 2.75) is 0 Å². The molecule has 2 N–H and O–H groups in total. The minimum Gasteiger partial charge on any atom is -0.355 e. The highest BCUT2D eigenvalue weighted by molar-refractivity contribution is 9.10. The van der Waals surface area contributed by atoms with Crippen LogP contribution >= 0.6 is 15.9 Å². The third-order valence-electron chi connectivity index (χ3n) is 3.73. The Labute approximate surface area is 160 Å². The number of aromatic amines is 1. The summed E-state index contributed by atoms with van der Waals surface area (Å²) in [5, 5.41) is 10.2. The first-order chi connectivity index (χ1) is 13.1. The summed E-state index contributed by atoms with van der Waals surface area (Å²) in [5.41, 5.74) is 1.84. The predicted octanol–water partition coefficient (Wildman–Crippen LogP) is 3.70. The van der Waals surface area contributed by atoms with Gasteiger partial charge in [-0.25, -0.2) is 4.79 Å². The minimum absolute atomic E-state index is 0.122. The summed E-state index contributed by atoms with van der Waals surface area (Å²) in [7, 11) is 0. The van der Waals surface area contributed by atoms with Crippen molar-refractivity contribution in [3.05, 3.63) is 75.3 Å². The van der Waals surface area contributed by atoms with Crippen LogP contribution in [-0.4, -0.2) is 21.2 Å². The molecule has 0 spiro atoms. The van der Waals surface area contributed by atoms with Crippen molar-refractivity contribution < 1.29 is 13.8 Å². The summed E-state index contributed by atoms with van der Waals surface area (Å²) in [6.45, 7) is 0. The van der Waals surface area contributed by atoms with Gasteiger partial charge < -0.3 is 9.84 Å². The number of carbonyl (C=O) groups is 1. The molecule has 2 aromatic carbocycles. The molecule has 0 aliphatic rings. The number of amides is 1. The summed E-state index contributed by atoms with van der Waals surface area (Å²) in [6.07, 6.45) is 0. The molecule has 134 valence electrons. The van der Waals surface area contributed by atoms with Crippen LogP contribution < -0.4 is 11.1 Å². The molecule has 4 rings (SSSR count). The lowest BCUT2D eigenvalue weighted by Gasteiger charge is -2.08. The number of benzene rings is 2. The quantitative estimate of drug-likeness (QED) is 0.514. The van der Waals surface area contributed by atoms with E-state index in [0.717, 1.165) is 10.0 Å². The van der Waals surface area contributed by atoms with Crippen LogP contribution in [0.15, 0.2) is 72.9 Å². The molecule has 8 nitrogen and oxygen atoms in total. The molecule has 2 aromatic heterocycles. The largest absolute Gasteiger partial charge is 0.439 e. The molecule has 27 heavy (non-hydrogen) atoms. The molecule has 0 bridgehead atoms. The fourth-order valence-electron chi connectivity index (χ4n) is 2.47. The van der Waals surface area contributed by atoms with Gasteiger partial charge in [-0.1, -0.05) is 56.6 Å². The Morgan fingerprint density at radius 2 is 1.85 bits per heavy atom. The Morgan fingerprint density at radius 1 is 1.04 bits per heavy atom. The maximum absolute atomic E-state index is 12.6. The van der Waals surface area contributed by atoms with Crippen LogP contribution in [0.5, 0.6) is 0 Å². The average Bonchev–Trinajstić information content (AvgIpc) is 3.33. The minimum atomic E-state index is -0.689. The lowest BCUT2D eigenvalue weighted by molar-refractivity contribution is 0.101. The monoisotopic (exact) mass is 426 g/mol. The number of nitrogens with zero attached hydrogens (tertiary/aromatic N) is 2. The summed E-state index contributed by atoms with van der Waals surface area (Å²) in [6, 6.07) is 16.0. The SMILES string of the molecule is O=C(Nc1ccc(Br)cc1-c1noc(=O)[nH]1)c1cc(-c2ccccc2)on1. The molecule has 4 aromatic rings. The highest BCUT2D eigenvalue weighted by atomic mass is 79.9. The highest BCUT2D eigenvalue weighted by Gasteiger charge is 2.17. The summed E-state index contributed by atoms with van der Waals surface area (Å²) in [5.74, 6) is -0.471. The number of halogens is 1. The van der Waals surface area contributed by atoms with Gasteiger partial charge in [-0.05, 0) is 18.2 Å². The number of hydrogen-bond donors (Lipinski definition) is 2. The Bertz CT molecular complexity index is 1160. The fourth-order valence-corrected chi connectivity index (χ4v) is 2.84. The van der Waals surface area contributed by atoms with Gasteiger partial charge in [-0.2, -0.15) is 0 Å². The predicted molar refractivity (Wildman–Crippen MR) is 100 cm³/mol. The van der Waals surface area contributed by atoms with Crippen molar-refractivity contribution in [2.75, 3.05) is 5.32 Å². The Hall–Kier alpha value is -3.46. The van der Waals surface area contributed by atoms with Gasteiger partial charge in [0.25, 0.3) is 5.91 Å². The van der Waals surface area contributed by atoms with Crippen molar-refractivity contribution >= 4 is 27.5 Å². The van der Waals surface area contributed by atoms with Crippen LogP contribution in [0.2, 0.25) is 0 Å². The fraction of sp³-hybridized carbons (Fsp3) is 0. The van der Waals surface area contributed by atoms with Gasteiger partial charge in [0.05, 0.1) is 5.69 Å². The van der Waals surface area contributed by atoms with E-state index in [1.165, 1.54) is 0 Å². The van der Waals surface area contributed by atoms with Gasteiger partial charge in [0.1, 0.15) is 0 Å². The number of hydrogen-bond acceptors (Lipinski definition) is 6. The molecular formula is C18H11BrN4O4. The highest BCUT2D eigenvalue weighted by Crippen LogP contribution is 2.29. The van der Waals surface area contributed by atoms with E-state index in [1.807, 2.05) is 30.3 Å². The molecule has 0 aliphatic heterocycles. The van der Waals surface area contributed by atoms with Crippen LogP contribution in [0, 0.1) is 0 Å². The normalized spacial score (nSPS) is 10.7. The molecular weight excluding hydrogens is 416 g/mol. The van der Waals surface area contributed by atoms with Crippen molar-refractivity contribution in [1.82, 2.24) is 15.3 Å². The van der Waals surface area contributed by atoms with Gasteiger partial charge >= 0.3 is 5.76 Å². The molecule has 0 aliphatic carbocycles. The van der Waals surface area contributed by atoms with Crippen LogP contribution in [-0.2, 0) is 0 Å². The van der Waals surface area contributed by atoms with E-state index < -0.39 is 11.7 Å².